The summed E-state index contributed by atoms with van der Waals surface area (Å²) in [4.78, 5) is 3.41. The summed E-state index contributed by atoms with van der Waals surface area (Å²) in [5.74, 6) is 0. The molecule has 0 aromatic carbocycles. The zero-order valence-electron chi connectivity index (χ0n) is 11.1. The maximum absolute atomic E-state index is 12.3. The molecule has 0 saturated carbocycles. The van der Waals surface area contributed by atoms with Crippen molar-refractivity contribution < 1.29 is 21.6 Å². The minimum atomic E-state index is -4.60. The van der Waals surface area contributed by atoms with Crippen LogP contribution < -0.4 is 5.32 Å². The Morgan fingerprint density at radius 2 is 2.05 bits per heavy atom. The smallest absolute Gasteiger partial charge is 0.384 e. The SMILES string of the molecule is CCCNc1ccncc1S(=O)(=O)N(C)CC(F)(F)F. The van der Waals surface area contributed by atoms with Gasteiger partial charge in [-0.15, -0.1) is 0 Å². The lowest BCUT2D eigenvalue weighted by molar-refractivity contribution is -0.134. The van der Waals surface area contributed by atoms with Crippen LogP contribution in [0.15, 0.2) is 23.4 Å². The highest BCUT2D eigenvalue weighted by Gasteiger charge is 2.35. The Balaban J connectivity index is 3.09. The minimum absolute atomic E-state index is 0.246. The van der Waals surface area contributed by atoms with Crippen molar-refractivity contribution in [2.24, 2.45) is 0 Å². The molecule has 1 aromatic heterocycles. The molecule has 0 bridgehead atoms. The van der Waals surface area contributed by atoms with Gasteiger partial charge < -0.3 is 5.32 Å². The summed E-state index contributed by atoms with van der Waals surface area (Å²) in [6.07, 6.45) is -1.43. The topological polar surface area (TPSA) is 62.3 Å². The van der Waals surface area contributed by atoms with Crippen LogP contribution in [0, 0.1) is 0 Å². The monoisotopic (exact) mass is 311 g/mol. The van der Waals surface area contributed by atoms with E-state index in [1.54, 1.807) is 0 Å². The predicted molar refractivity (Wildman–Crippen MR) is 68.9 cm³/mol. The lowest BCUT2D eigenvalue weighted by Gasteiger charge is -2.20. The van der Waals surface area contributed by atoms with Gasteiger partial charge >= 0.3 is 6.18 Å². The molecule has 114 valence electrons. The van der Waals surface area contributed by atoms with E-state index in [-0.39, 0.29) is 14.9 Å². The van der Waals surface area contributed by atoms with Gasteiger partial charge in [-0.2, -0.15) is 17.5 Å². The van der Waals surface area contributed by atoms with Crippen LogP contribution in [0.5, 0.6) is 0 Å². The van der Waals surface area contributed by atoms with Crippen molar-refractivity contribution >= 4 is 15.7 Å². The van der Waals surface area contributed by atoms with Gasteiger partial charge in [0.05, 0.1) is 5.69 Å². The van der Waals surface area contributed by atoms with Gasteiger partial charge in [0, 0.05) is 26.0 Å². The molecule has 0 spiro atoms. The van der Waals surface area contributed by atoms with Crippen LogP contribution in [0.25, 0.3) is 0 Å². The first-order chi connectivity index (χ1) is 9.18. The lowest BCUT2D eigenvalue weighted by Crippen LogP contribution is -2.36. The van der Waals surface area contributed by atoms with Crippen molar-refractivity contribution in [3.05, 3.63) is 18.5 Å². The van der Waals surface area contributed by atoms with Crippen molar-refractivity contribution in [3.63, 3.8) is 0 Å². The summed E-state index contributed by atoms with van der Waals surface area (Å²) in [7, 11) is -3.36. The van der Waals surface area contributed by atoms with Crippen molar-refractivity contribution in [3.8, 4) is 0 Å². The first-order valence-corrected chi connectivity index (χ1v) is 7.33. The fourth-order valence-corrected chi connectivity index (χ4v) is 2.76. The molecule has 0 radical (unpaired) electrons. The van der Waals surface area contributed by atoms with Crippen LogP contribution in [0.1, 0.15) is 13.3 Å². The minimum Gasteiger partial charge on any atom is -0.384 e. The molecule has 20 heavy (non-hydrogen) atoms. The van der Waals surface area contributed by atoms with E-state index in [1.807, 2.05) is 6.92 Å². The normalized spacial score (nSPS) is 12.7. The first-order valence-electron chi connectivity index (χ1n) is 5.89. The van der Waals surface area contributed by atoms with Gasteiger partial charge in [0.2, 0.25) is 10.0 Å². The average Bonchev–Trinajstić information content (AvgIpc) is 2.34. The van der Waals surface area contributed by atoms with Gasteiger partial charge in [0.15, 0.2) is 0 Å². The average molecular weight is 311 g/mol. The van der Waals surface area contributed by atoms with Gasteiger partial charge in [-0.3, -0.25) is 4.98 Å². The zero-order chi connectivity index (χ0) is 15.4. The van der Waals surface area contributed by atoms with E-state index in [0.29, 0.717) is 6.54 Å². The van der Waals surface area contributed by atoms with Crippen LogP contribution in [-0.2, 0) is 10.0 Å². The standard InChI is InChI=1S/C11H16F3N3O2S/c1-3-5-16-9-4-6-15-7-10(9)20(18,19)17(2)8-11(12,13)14/h4,6-7H,3,5,8H2,1-2H3,(H,15,16). The second-order valence-corrected chi connectivity index (χ2v) is 6.19. The molecular formula is C11H16F3N3O2S. The third-order valence-corrected chi connectivity index (χ3v) is 4.27. The van der Waals surface area contributed by atoms with E-state index in [9.17, 15) is 21.6 Å². The van der Waals surface area contributed by atoms with E-state index in [0.717, 1.165) is 19.7 Å². The van der Waals surface area contributed by atoms with Crippen molar-refractivity contribution in [1.82, 2.24) is 9.29 Å². The summed E-state index contributed by atoms with van der Waals surface area (Å²) < 4.78 is 61.5. The molecule has 0 atom stereocenters. The highest BCUT2D eigenvalue weighted by atomic mass is 32.2. The van der Waals surface area contributed by atoms with E-state index < -0.39 is 22.7 Å². The summed E-state index contributed by atoms with van der Waals surface area (Å²) in [6.45, 7) is 0.852. The quantitative estimate of drug-likeness (QED) is 0.874. The van der Waals surface area contributed by atoms with E-state index in [4.69, 9.17) is 0 Å². The Morgan fingerprint density at radius 1 is 1.40 bits per heavy atom. The van der Waals surface area contributed by atoms with Crippen molar-refractivity contribution in [2.45, 2.75) is 24.4 Å². The molecule has 9 heteroatoms. The number of nitrogens with zero attached hydrogens (tertiary/aromatic N) is 2. The van der Waals surface area contributed by atoms with Crippen LogP contribution >= 0.6 is 0 Å². The van der Waals surface area contributed by atoms with Gasteiger partial charge in [0.1, 0.15) is 11.4 Å². The number of hydrogen-bond acceptors (Lipinski definition) is 4. The van der Waals surface area contributed by atoms with Crippen LogP contribution in [-0.4, -0.2) is 44.0 Å². The molecule has 0 aliphatic heterocycles. The van der Waals surface area contributed by atoms with E-state index in [2.05, 4.69) is 10.3 Å². The fourth-order valence-electron chi connectivity index (χ4n) is 1.50. The number of hydrogen-bond donors (Lipinski definition) is 1. The number of aromatic nitrogens is 1. The molecule has 0 saturated heterocycles. The van der Waals surface area contributed by atoms with Gasteiger partial charge in [0.25, 0.3) is 0 Å². The van der Waals surface area contributed by atoms with Gasteiger partial charge in [-0.1, -0.05) is 6.92 Å². The maximum Gasteiger partial charge on any atom is 0.402 e. The lowest BCUT2D eigenvalue weighted by atomic mass is 10.4. The molecule has 0 amide bonds. The maximum atomic E-state index is 12.3. The Labute approximate surface area is 115 Å². The van der Waals surface area contributed by atoms with E-state index >= 15 is 0 Å². The molecule has 0 aliphatic rings. The second kappa shape index (κ2) is 6.40. The first kappa shape index (κ1) is 16.7. The highest BCUT2D eigenvalue weighted by molar-refractivity contribution is 7.89. The molecule has 5 nitrogen and oxygen atoms in total. The zero-order valence-corrected chi connectivity index (χ0v) is 11.9. The predicted octanol–water partition coefficient (Wildman–Crippen LogP) is 2.09. The fraction of sp³-hybridized carbons (Fsp3) is 0.545. The Hall–Kier alpha value is -1.35. The van der Waals surface area contributed by atoms with Gasteiger partial charge in [-0.05, 0) is 12.5 Å². The highest BCUT2D eigenvalue weighted by Crippen LogP contribution is 2.25. The molecule has 0 fully saturated rings. The molecule has 0 unspecified atom stereocenters. The summed E-state index contributed by atoms with van der Waals surface area (Å²) in [6, 6.07) is 1.42. The third kappa shape index (κ3) is 4.34. The Kier molecular flexibility index (Phi) is 5.35. The second-order valence-electron chi connectivity index (χ2n) is 4.17. The van der Waals surface area contributed by atoms with E-state index in [1.165, 1.54) is 12.3 Å². The Morgan fingerprint density at radius 3 is 2.60 bits per heavy atom. The number of rotatable bonds is 6. The number of nitrogens with one attached hydrogen (secondary N) is 1. The molecule has 0 aliphatic carbocycles. The summed E-state index contributed by atoms with van der Waals surface area (Å²) in [5, 5.41) is 2.86. The van der Waals surface area contributed by atoms with Crippen LogP contribution in [0.4, 0.5) is 18.9 Å². The summed E-state index contributed by atoms with van der Waals surface area (Å²) >= 11 is 0. The molecule has 1 rings (SSSR count). The molecule has 1 N–H and O–H groups in total. The summed E-state index contributed by atoms with van der Waals surface area (Å²) in [5.41, 5.74) is 0.246. The number of sulfonamides is 1. The van der Waals surface area contributed by atoms with Crippen molar-refractivity contribution in [2.75, 3.05) is 25.5 Å². The third-order valence-electron chi connectivity index (χ3n) is 2.44. The molecular weight excluding hydrogens is 295 g/mol. The van der Waals surface area contributed by atoms with Crippen molar-refractivity contribution in [1.29, 1.82) is 0 Å². The number of alkyl halides is 3. The van der Waals surface area contributed by atoms with Crippen LogP contribution in [0.3, 0.4) is 0 Å². The molecule has 1 aromatic rings. The van der Waals surface area contributed by atoms with Crippen LogP contribution in [0.2, 0.25) is 0 Å². The van der Waals surface area contributed by atoms with Gasteiger partial charge in [-0.25, -0.2) is 8.42 Å². The number of halogens is 3. The number of anilines is 1. The Bertz CT molecular complexity index is 546. The largest absolute Gasteiger partial charge is 0.402 e. The molecule has 1 heterocycles. The number of pyridine rings is 1.